The molecule has 0 aliphatic rings. The Balaban J connectivity index is 3.69. The van der Waals surface area contributed by atoms with Gasteiger partial charge in [0.2, 0.25) is 0 Å². The molecule has 0 rings (SSSR count). The van der Waals surface area contributed by atoms with Crippen LogP contribution >= 0.6 is 0 Å². The Bertz CT molecular complexity index is 230. The van der Waals surface area contributed by atoms with Crippen LogP contribution in [0.3, 0.4) is 0 Å². The number of ether oxygens (including phenoxy) is 1. The van der Waals surface area contributed by atoms with Crippen molar-refractivity contribution in [3.63, 3.8) is 0 Å². The quantitative estimate of drug-likeness (QED) is 0.704. The van der Waals surface area contributed by atoms with Crippen molar-refractivity contribution in [1.29, 1.82) is 0 Å². The van der Waals surface area contributed by atoms with E-state index in [1.165, 1.54) is 6.92 Å². The molecule has 0 radical (unpaired) electrons. The second-order valence-electron chi connectivity index (χ2n) is 4.70. The zero-order valence-corrected chi connectivity index (χ0v) is 10.0. The zero-order valence-electron chi connectivity index (χ0n) is 10.0. The molecule has 0 amide bonds. The van der Waals surface area contributed by atoms with Gasteiger partial charge < -0.3 is 10.5 Å². The van der Waals surface area contributed by atoms with Crippen LogP contribution in [0.5, 0.6) is 0 Å². The van der Waals surface area contributed by atoms with Gasteiger partial charge in [-0.25, -0.2) is 0 Å². The zero-order chi connectivity index (χ0) is 12.1. The van der Waals surface area contributed by atoms with Crippen LogP contribution in [0.2, 0.25) is 0 Å². The second-order valence-corrected chi connectivity index (χ2v) is 4.70. The van der Waals surface area contributed by atoms with Gasteiger partial charge >= 0.3 is 5.97 Å². The van der Waals surface area contributed by atoms with Gasteiger partial charge in [0.15, 0.2) is 0 Å². The van der Waals surface area contributed by atoms with E-state index in [9.17, 15) is 9.59 Å². The van der Waals surface area contributed by atoms with Gasteiger partial charge in [0.25, 0.3) is 0 Å². The van der Waals surface area contributed by atoms with Crippen LogP contribution in [0.4, 0.5) is 0 Å². The molecule has 15 heavy (non-hydrogen) atoms. The van der Waals surface area contributed by atoms with Crippen molar-refractivity contribution in [2.45, 2.75) is 58.6 Å². The molecule has 0 heterocycles. The number of hydrogen-bond donors (Lipinski definition) is 1. The van der Waals surface area contributed by atoms with Crippen molar-refractivity contribution in [2.24, 2.45) is 5.73 Å². The Kier molecular flexibility index (Phi) is 5.50. The third-order valence-corrected chi connectivity index (χ3v) is 1.84. The van der Waals surface area contributed by atoms with Crippen molar-refractivity contribution in [3.8, 4) is 0 Å². The molecule has 0 aromatic carbocycles. The third kappa shape index (κ3) is 8.12. The minimum absolute atomic E-state index is 0.0424. The topological polar surface area (TPSA) is 69.4 Å². The molecule has 1 atom stereocenters. The summed E-state index contributed by atoms with van der Waals surface area (Å²) >= 11 is 0. The predicted molar refractivity (Wildman–Crippen MR) is 58.4 cm³/mol. The molecule has 4 heteroatoms. The number of hydrogen-bond acceptors (Lipinski definition) is 4. The summed E-state index contributed by atoms with van der Waals surface area (Å²) in [5.41, 5.74) is 5.08. The average molecular weight is 215 g/mol. The molecule has 88 valence electrons. The van der Waals surface area contributed by atoms with Crippen molar-refractivity contribution in [1.82, 2.24) is 0 Å². The second kappa shape index (κ2) is 5.85. The van der Waals surface area contributed by atoms with E-state index in [1.54, 1.807) is 0 Å². The van der Waals surface area contributed by atoms with Crippen LogP contribution in [0.25, 0.3) is 0 Å². The molecule has 0 aromatic rings. The highest BCUT2D eigenvalue weighted by molar-refractivity contribution is 5.81. The van der Waals surface area contributed by atoms with Crippen molar-refractivity contribution < 1.29 is 14.3 Å². The standard InChI is InChI=1S/C11H21NO3/c1-8(13)9(12)6-5-7-10(14)15-11(2,3)4/h9H,5-7,12H2,1-4H3/t9-/m0/s1. The molecule has 0 fully saturated rings. The lowest BCUT2D eigenvalue weighted by molar-refractivity contribution is -0.155. The maximum atomic E-state index is 11.3. The van der Waals surface area contributed by atoms with E-state index in [1.807, 2.05) is 20.8 Å². The van der Waals surface area contributed by atoms with Crippen molar-refractivity contribution >= 4 is 11.8 Å². The fourth-order valence-electron chi connectivity index (χ4n) is 1.06. The van der Waals surface area contributed by atoms with Crippen LogP contribution < -0.4 is 5.73 Å². The summed E-state index contributed by atoms with van der Waals surface area (Å²) in [6.45, 7) is 6.93. The van der Waals surface area contributed by atoms with Crippen LogP contribution in [-0.2, 0) is 14.3 Å². The minimum Gasteiger partial charge on any atom is -0.460 e. The highest BCUT2D eigenvalue weighted by Crippen LogP contribution is 2.10. The van der Waals surface area contributed by atoms with Gasteiger partial charge in [-0.05, 0) is 40.5 Å². The Hall–Kier alpha value is -0.900. The lowest BCUT2D eigenvalue weighted by atomic mass is 10.1. The Morgan fingerprint density at radius 1 is 1.33 bits per heavy atom. The number of ketones is 1. The maximum absolute atomic E-state index is 11.3. The van der Waals surface area contributed by atoms with E-state index < -0.39 is 11.6 Å². The molecule has 0 bridgehead atoms. The molecule has 0 aliphatic heterocycles. The molecular formula is C11H21NO3. The molecule has 0 saturated carbocycles. The first-order chi connectivity index (χ1) is 6.72. The van der Waals surface area contributed by atoms with Crippen molar-refractivity contribution in [3.05, 3.63) is 0 Å². The lowest BCUT2D eigenvalue weighted by Crippen LogP contribution is -2.28. The molecule has 0 aliphatic carbocycles. The summed E-state index contributed by atoms with van der Waals surface area (Å²) in [4.78, 5) is 22.1. The number of rotatable bonds is 5. The van der Waals surface area contributed by atoms with Gasteiger partial charge in [0.1, 0.15) is 11.4 Å². The summed E-state index contributed by atoms with van der Waals surface area (Å²) in [6.07, 6.45) is 1.45. The molecular weight excluding hydrogens is 194 g/mol. The van der Waals surface area contributed by atoms with E-state index in [2.05, 4.69) is 0 Å². The molecule has 0 saturated heterocycles. The van der Waals surface area contributed by atoms with Gasteiger partial charge in [-0.2, -0.15) is 0 Å². The fourth-order valence-corrected chi connectivity index (χ4v) is 1.06. The first-order valence-corrected chi connectivity index (χ1v) is 5.20. The van der Waals surface area contributed by atoms with Gasteiger partial charge in [0, 0.05) is 6.42 Å². The average Bonchev–Trinajstić information content (AvgIpc) is 2.00. The summed E-state index contributed by atoms with van der Waals surface area (Å²) < 4.78 is 5.12. The summed E-state index contributed by atoms with van der Waals surface area (Å²) in [5, 5.41) is 0. The number of carbonyl (C=O) groups excluding carboxylic acids is 2. The van der Waals surface area contributed by atoms with Gasteiger partial charge in [-0.3, -0.25) is 9.59 Å². The summed E-state index contributed by atoms with van der Waals surface area (Å²) in [7, 11) is 0. The monoisotopic (exact) mass is 215 g/mol. The molecule has 0 unspecified atom stereocenters. The lowest BCUT2D eigenvalue weighted by Gasteiger charge is -2.19. The molecule has 2 N–H and O–H groups in total. The molecule has 4 nitrogen and oxygen atoms in total. The van der Waals surface area contributed by atoms with Gasteiger partial charge in [-0.1, -0.05) is 0 Å². The van der Waals surface area contributed by atoms with Crippen LogP contribution in [0.1, 0.15) is 47.0 Å². The molecule has 0 spiro atoms. The summed E-state index contributed by atoms with van der Waals surface area (Å²) in [5.74, 6) is -0.280. The highest BCUT2D eigenvalue weighted by atomic mass is 16.6. The van der Waals surface area contributed by atoms with Crippen LogP contribution in [0.15, 0.2) is 0 Å². The Morgan fingerprint density at radius 3 is 2.27 bits per heavy atom. The molecule has 0 aromatic heterocycles. The highest BCUT2D eigenvalue weighted by Gasteiger charge is 2.16. The van der Waals surface area contributed by atoms with E-state index >= 15 is 0 Å². The smallest absolute Gasteiger partial charge is 0.306 e. The fraction of sp³-hybridized carbons (Fsp3) is 0.818. The third-order valence-electron chi connectivity index (χ3n) is 1.84. The van der Waals surface area contributed by atoms with E-state index in [0.717, 1.165) is 0 Å². The van der Waals surface area contributed by atoms with E-state index in [-0.39, 0.29) is 11.8 Å². The largest absolute Gasteiger partial charge is 0.460 e. The Labute approximate surface area is 91.2 Å². The Morgan fingerprint density at radius 2 is 1.87 bits per heavy atom. The first kappa shape index (κ1) is 14.1. The van der Waals surface area contributed by atoms with E-state index in [0.29, 0.717) is 19.3 Å². The predicted octanol–water partition coefficient (Wildman–Crippen LogP) is 1.41. The van der Waals surface area contributed by atoms with Crippen molar-refractivity contribution in [2.75, 3.05) is 0 Å². The minimum atomic E-state index is -0.451. The number of carbonyl (C=O) groups is 2. The first-order valence-electron chi connectivity index (χ1n) is 5.20. The summed E-state index contributed by atoms with van der Waals surface area (Å²) in [6, 6.07) is -0.451. The van der Waals surface area contributed by atoms with Gasteiger partial charge in [0.05, 0.1) is 6.04 Å². The van der Waals surface area contributed by atoms with Crippen LogP contribution in [0, 0.1) is 0 Å². The SMILES string of the molecule is CC(=O)[C@@H](N)CCCC(=O)OC(C)(C)C. The van der Waals surface area contributed by atoms with E-state index in [4.69, 9.17) is 10.5 Å². The normalized spacial score (nSPS) is 13.4. The van der Waals surface area contributed by atoms with Gasteiger partial charge in [-0.15, -0.1) is 0 Å². The maximum Gasteiger partial charge on any atom is 0.306 e. The van der Waals surface area contributed by atoms with Crippen LogP contribution in [-0.4, -0.2) is 23.4 Å². The number of nitrogens with two attached hydrogens (primary N) is 1. The number of Topliss-reactive ketones (excluding diaryl/α,β-unsaturated/α-hetero) is 1. The number of esters is 1.